The van der Waals surface area contributed by atoms with Gasteiger partial charge in [0.2, 0.25) is 0 Å². The highest BCUT2D eigenvalue weighted by molar-refractivity contribution is 5.26. The lowest BCUT2D eigenvalue weighted by molar-refractivity contribution is 0.640. The average molecular weight is 125 g/mol. The molecule has 0 aliphatic rings. The van der Waals surface area contributed by atoms with E-state index >= 15 is 0 Å². The Labute approximate surface area is 54.1 Å². The molecule has 0 rings (SSSR count). The number of hydrogen-bond acceptors (Lipinski definition) is 1. The molecule has 0 saturated heterocycles. The first-order valence-electron chi connectivity index (χ1n) is 2.43. The third-order valence-electron chi connectivity index (χ3n) is 0.659. The monoisotopic (exact) mass is 125 g/mol. The number of halogens is 1. The van der Waals surface area contributed by atoms with E-state index < -0.39 is 0 Å². The summed E-state index contributed by atoms with van der Waals surface area (Å²) in [5.74, 6) is 1.84. The minimum absolute atomic E-state index is 0.229. The molecule has 1 nitrogen and oxygen atoms in total. The van der Waals surface area contributed by atoms with Crippen molar-refractivity contribution in [2.45, 2.75) is 6.92 Å². The molecule has 0 unspecified atom stereocenters. The smallest absolute Gasteiger partial charge is 0.0969 e. The standard InChI is InChI=1S/C7H8FN/c1-3-7(9)5-4-6(2)8/h1,4-5H,9H2,2H3/b6-4+,7-5+. The fraction of sp³-hybridized carbons (Fsp3) is 0.143. The van der Waals surface area contributed by atoms with E-state index in [4.69, 9.17) is 12.2 Å². The Hall–Kier alpha value is -1.23. The van der Waals surface area contributed by atoms with Gasteiger partial charge >= 0.3 is 0 Å². The Kier molecular flexibility index (Phi) is 3.22. The highest BCUT2D eigenvalue weighted by atomic mass is 19.1. The Morgan fingerprint density at radius 3 is 2.56 bits per heavy atom. The lowest BCUT2D eigenvalue weighted by Crippen LogP contribution is -1.90. The van der Waals surface area contributed by atoms with Crippen LogP contribution in [0.15, 0.2) is 23.7 Å². The molecule has 0 aromatic heterocycles. The van der Waals surface area contributed by atoms with Crippen LogP contribution < -0.4 is 5.73 Å². The zero-order chi connectivity index (χ0) is 7.28. The number of rotatable bonds is 1. The number of hydrogen-bond donors (Lipinski definition) is 1. The summed E-state index contributed by atoms with van der Waals surface area (Å²) in [5.41, 5.74) is 5.36. The molecule has 0 aromatic carbocycles. The van der Waals surface area contributed by atoms with Crippen LogP contribution in [0.25, 0.3) is 0 Å². The minimum Gasteiger partial charge on any atom is -0.392 e. The van der Waals surface area contributed by atoms with Gasteiger partial charge in [0.25, 0.3) is 0 Å². The van der Waals surface area contributed by atoms with Gasteiger partial charge in [0.15, 0.2) is 0 Å². The van der Waals surface area contributed by atoms with Gasteiger partial charge in [-0.2, -0.15) is 0 Å². The zero-order valence-corrected chi connectivity index (χ0v) is 5.19. The largest absolute Gasteiger partial charge is 0.392 e. The molecule has 0 heterocycles. The van der Waals surface area contributed by atoms with Crippen molar-refractivity contribution in [3.63, 3.8) is 0 Å². The first-order valence-corrected chi connectivity index (χ1v) is 2.43. The maximum absolute atomic E-state index is 11.9. The number of nitrogens with two attached hydrogens (primary N) is 1. The van der Waals surface area contributed by atoms with Crippen molar-refractivity contribution >= 4 is 0 Å². The normalized spacial score (nSPS) is 13.0. The van der Waals surface area contributed by atoms with E-state index in [9.17, 15) is 4.39 Å². The lowest BCUT2D eigenvalue weighted by atomic mass is 10.4. The summed E-state index contributed by atoms with van der Waals surface area (Å²) in [6.45, 7) is 1.32. The predicted octanol–water partition coefficient (Wildman–Crippen LogP) is 1.34. The summed E-state index contributed by atoms with van der Waals surface area (Å²) >= 11 is 0. The summed E-state index contributed by atoms with van der Waals surface area (Å²) in [6, 6.07) is 0. The predicted molar refractivity (Wildman–Crippen MR) is 36.0 cm³/mol. The van der Waals surface area contributed by atoms with Gasteiger partial charge < -0.3 is 5.73 Å². The fourth-order valence-corrected chi connectivity index (χ4v) is 0.253. The van der Waals surface area contributed by atoms with E-state index in [2.05, 4.69) is 5.92 Å². The second-order valence-corrected chi connectivity index (χ2v) is 1.52. The summed E-state index contributed by atoms with van der Waals surface area (Å²) < 4.78 is 11.9. The first kappa shape index (κ1) is 7.77. The molecule has 0 amide bonds. The fourth-order valence-electron chi connectivity index (χ4n) is 0.253. The van der Waals surface area contributed by atoms with Crippen LogP contribution in [0.2, 0.25) is 0 Å². The summed E-state index contributed by atoms with van der Waals surface area (Å²) in [6.07, 6.45) is 7.42. The third-order valence-corrected chi connectivity index (χ3v) is 0.659. The Morgan fingerprint density at radius 1 is 1.67 bits per heavy atom. The van der Waals surface area contributed by atoms with Gasteiger partial charge in [-0.3, -0.25) is 0 Å². The van der Waals surface area contributed by atoms with Gasteiger partial charge in [0.05, 0.1) is 11.5 Å². The maximum Gasteiger partial charge on any atom is 0.0969 e. The summed E-state index contributed by atoms with van der Waals surface area (Å²) in [5, 5.41) is 0. The van der Waals surface area contributed by atoms with Crippen molar-refractivity contribution in [3.8, 4) is 12.3 Å². The van der Waals surface area contributed by atoms with Crippen molar-refractivity contribution < 1.29 is 4.39 Å². The van der Waals surface area contributed by atoms with Crippen LogP contribution in [-0.4, -0.2) is 0 Å². The van der Waals surface area contributed by atoms with Crippen molar-refractivity contribution in [1.82, 2.24) is 0 Å². The van der Waals surface area contributed by atoms with Crippen LogP contribution in [0.1, 0.15) is 6.92 Å². The van der Waals surface area contributed by atoms with E-state index in [1.807, 2.05) is 0 Å². The van der Waals surface area contributed by atoms with Crippen LogP contribution in [0.5, 0.6) is 0 Å². The van der Waals surface area contributed by atoms with Crippen LogP contribution >= 0.6 is 0 Å². The first-order chi connectivity index (χ1) is 4.16. The van der Waals surface area contributed by atoms with Crippen LogP contribution in [0, 0.1) is 12.3 Å². The van der Waals surface area contributed by atoms with Gasteiger partial charge in [-0.05, 0) is 19.1 Å². The lowest BCUT2D eigenvalue weighted by Gasteiger charge is -1.82. The van der Waals surface area contributed by atoms with Gasteiger partial charge in [-0.25, -0.2) is 4.39 Å². The van der Waals surface area contributed by atoms with Crippen LogP contribution in [-0.2, 0) is 0 Å². The van der Waals surface area contributed by atoms with Crippen molar-refractivity contribution in [1.29, 1.82) is 0 Å². The van der Waals surface area contributed by atoms with Gasteiger partial charge in [0.1, 0.15) is 0 Å². The second-order valence-electron chi connectivity index (χ2n) is 1.52. The molecule has 0 radical (unpaired) electrons. The van der Waals surface area contributed by atoms with Crippen LogP contribution in [0.4, 0.5) is 4.39 Å². The van der Waals surface area contributed by atoms with E-state index in [-0.39, 0.29) is 11.5 Å². The molecule has 48 valence electrons. The third kappa shape index (κ3) is 4.63. The molecule has 0 atom stereocenters. The number of allylic oxidation sites excluding steroid dienone is 4. The molecule has 0 saturated carbocycles. The summed E-state index contributed by atoms with van der Waals surface area (Å²) in [4.78, 5) is 0. The Balaban J connectivity index is 4.03. The number of terminal acetylenes is 1. The molecule has 2 heteroatoms. The molecule has 0 aromatic rings. The molecule has 9 heavy (non-hydrogen) atoms. The van der Waals surface area contributed by atoms with Crippen molar-refractivity contribution in [2.24, 2.45) is 5.73 Å². The topological polar surface area (TPSA) is 26.0 Å². The second kappa shape index (κ2) is 3.73. The van der Waals surface area contributed by atoms with E-state index in [0.717, 1.165) is 0 Å². The van der Waals surface area contributed by atoms with E-state index in [1.54, 1.807) is 0 Å². The molecule has 0 fully saturated rings. The molecule has 0 aliphatic heterocycles. The van der Waals surface area contributed by atoms with Crippen molar-refractivity contribution in [3.05, 3.63) is 23.7 Å². The van der Waals surface area contributed by atoms with Gasteiger partial charge in [-0.15, -0.1) is 6.42 Å². The quantitative estimate of drug-likeness (QED) is 0.415. The minimum atomic E-state index is -0.312. The van der Waals surface area contributed by atoms with Crippen molar-refractivity contribution in [2.75, 3.05) is 0 Å². The van der Waals surface area contributed by atoms with Gasteiger partial charge in [0, 0.05) is 0 Å². The molecule has 2 N–H and O–H groups in total. The highest BCUT2D eigenvalue weighted by Gasteiger charge is 1.78. The Morgan fingerprint density at radius 2 is 2.22 bits per heavy atom. The molecular weight excluding hydrogens is 117 g/mol. The maximum atomic E-state index is 11.9. The van der Waals surface area contributed by atoms with Crippen LogP contribution in [0.3, 0.4) is 0 Å². The highest BCUT2D eigenvalue weighted by Crippen LogP contribution is 1.93. The SMILES string of the molecule is C#C/C(N)=C\C=C(/C)F. The molecular formula is C7H8FN. The molecule has 0 bridgehead atoms. The zero-order valence-electron chi connectivity index (χ0n) is 5.19. The average Bonchev–Trinajstić information content (AvgIpc) is 1.83. The molecule has 0 aliphatic carbocycles. The molecule has 0 spiro atoms. The van der Waals surface area contributed by atoms with E-state index in [0.29, 0.717) is 0 Å². The van der Waals surface area contributed by atoms with E-state index in [1.165, 1.54) is 19.1 Å². The Bertz CT molecular complexity index is 180. The van der Waals surface area contributed by atoms with Gasteiger partial charge in [-0.1, -0.05) is 5.92 Å². The summed E-state index contributed by atoms with van der Waals surface area (Å²) in [7, 11) is 0.